The molecule has 1 unspecified atom stereocenters. The second-order valence-corrected chi connectivity index (χ2v) is 3.11. The van der Waals surface area contributed by atoms with Crippen molar-refractivity contribution in [2.75, 3.05) is 11.1 Å². The van der Waals surface area contributed by atoms with Crippen molar-refractivity contribution in [3.8, 4) is 0 Å². The van der Waals surface area contributed by atoms with Gasteiger partial charge in [-0.2, -0.15) is 0 Å². The molecule has 76 valence electrons. The van der Waals surface area contributed by atoms with E-state index in [0.717, 1.165) is 5.69 Å². The molecule has 1 heterocycles. The minimum Gasteiger partial charge on any atom is -0.481 e. The van der Waals surface area contributed by atoms with Crippen LogP contribution >= 0.6 is 0 Å². The van der Waals surface area contributed by atoms with E-state index in [9.17, 15) is 4.79 Å². The number of nitrogens with one attached hydrogen (secondary N) is 1. The van der Waals surface area contributed by atoms with Gasteiger partial charge in [0.15, 0.2) is 0 Å². The molecule has 14 heavy (non-hydrogen) atoms. The van der Waals surface area contributed by atoms with Crippen molar-refractivity contribution in [1.82, 2.24) is 4.98 Å². The highest BCUT2D eigenvalue weighted by Gasteiger charge is 2.06. The smallest absolute Gasteiger partial charge is 0.305 e. The summed E-state index contributed by atoms with van der Waals surface area (Å²) in [7, 11) is 0. The SMILES string of the molecule is CC(CC(=O)O)Nc1ccc(N)nc1. The summed E-state index contributed by atoms with van der Waals surface area (Å²) in [4.78, 5) is 14.3. The van der Waals surface area contributed by atoms with E-state index in [1.54, 1.807) is 25.3 Å². The van der Waals surface area contributed by atoms with Crippen molar-refractivity contribution in [3.63, 3.8) is 0 Å². The predicted molar refractivity (Wildman–Crippen MR) is 54.0 cm³/mol. The lowest BCUT2D eigenvalue weighted by Crippen LogP contribution is -2.19. The molecule has 4 N–H and O–H groups in total. The average molecular weight is 195 g/mol. The van der Waals surface area contributed by atoms with Crippen LogP contribution < -0.4 is 11.1 Å². The molecule has 1 atom stereocenters. The summed E-state index contributed by atoms with van der Waals surface area (Å²) in [6.45, 7) is 1.80. The van der Waals surface area contributed by atoms with Gasteiger partial charge in [-0.3, -0.25) is 4.79 Å². The lowest BCUT2D eigenvalue weighted by Gasteiger charge is -2.12. The Bertz CT molecular complexity index is 310. The largest absolute Gasteiger partial charge is 0.481 e. The van der Waals surface area contributed by atoms with Gasteiger partial charge in [0.25, 0.3) is 0 Å². The molecule has 1 rings (SSSR count). The van der Waals surface area contributed by atoms with Gasteiger partial charge in [0, 0.05) is 6.04 Å². The number of carboxylic acids is 1. The molecule has 0 aliphatic rings. The third-order valence-corrected chi connectivity index (χ3v) is 1.68. The highest BCUT2D eigenvalue weighted by Crippen LogP contribution is 2.09. The number of carboxylic acid groups (broad SMARTS) is 1. The Hall–Kier alpha value is -1.78. The van der Waals surface area contributed by atoms with Gasteiger partial charge in [-0.05, 0) is 19.1 Å². The van der Waals surface area contributed by atoms with Crippen LogP contribution in [0.2, 0.25) is 0 Å². The van der Waals surface area contributed by atoms with Crippen molar-refractivity contribution in [2.24, 2.45) is 0 Å². The fourth-order valence-corrected chi connectivity index (χ4v) is 1.09. The van der Waals surface area contributed by atoms with E-state index in [4.69, 9.17) is 10.8 Å². The standard InChI is InChI=1S/C9H13N3O2/c1-6(4-9(13)14)12-7-2-3-8(10)11-5-7/h2-3,5-6,12H,4H2,1H3,(H2,10,11)(H,13,14). The van der Waals surface area contributed by atoms with Gasteiger partial charge in [0.2, 0.25) is 0 Å². The third kappa shape index (κ3) is 3.30. The third-order valence-electron chi connectivity index (χ3n) is 1.68. The van der Waals surface area contributed by atoms with E-state index in [0.29, 0.717) is 5.82 Å². The number of aromatic nitrogens is 1. The first kappa shape index (κ1) is 10.3. The molecule has 0 aliphatic heterocycles. The number of aliphatic carboxylic acids is 1. The van der Waals surface area contributed by atoms with E-state index < -0.39 is 5.97 Å². The van der Waals surface area contributed by atoms with E-state index >= 15 is 0 Å². The predicted octanol–water partition coefficient (Wildman–Crippen LogP) is 0.939. The van der Waals surface area contributed by atoms with Crippen molar-refractivity contribution in [3.05, 3.63) is 18.3 Å². The van der Waals surface area contributed by atoms with Crippen LogP contribution in [0.5, 0.6) is 0 Å². The number of pyridine rings is 1. The second-order valence-electron chi connectivity index (χ2n) is 3.11. The molecule has 0 aromatic carbocycles. The second kappa shape index (κ2) is 4.45. The average Bonchev–Trinajstić information content (AvgIpc) is 2.07. The topological polar surface area (TPSA) is 88.2 Å². The van der Waals surface area contributed by atoms with E-state index in [1.165, 1.54) is 0 Å². The molecule has 0 saturated heterocycles. The first-order valence-electron chi connectivity index (χ1n) is 4.28. The quantitative estimate of drug-likeness (QED) is 0.665. The molecule has 0 radical (unpaired) electrons. The van der Waals surface area contributed by atoms with Crippen LogP contribution in [0.25, 0.3) is 0 Å². The zero-order valence-electron chi connectivity index (χ0n) is 7.90. The normalized spacial score (nSPS) is 12.1. The van der Waals surface area contributed by atoms with Gasteiger partial charge in [-0.25, -0.2) is 4.98 Å². The van der Waals surface area contributed by atoms with Crippen molar-refractivity contribution in [2.45, 2.75) is 19.4 Å². The number of hydrogen-bond donors (Lipinski definition) is 3. The Labute approximate surface area is 82.0 Å². The molecular weight excluding hydrogens is 182 g/mol. The molecule has 0 fully saturated rings. The maximum absolute atomic E-state index is 10.4. The number of carbonyl (C=O) groups is 1. The molecule has 0 bridgehead atoms. The summed E-state index contributed by atoms with van der Waals surface area (Å²) in [5.74, 6) is -0.380. The van der Waals surface area contributed by atoms with Crippen molar-refractivity contribution >= 4 is 17.5 Å². The molecule has 5 heteroatoms. The number of nitrogens with two attached hydrogens (primary N) is 1. The summed E-state index contributed by atoms with van der Waals surface area (Å²) in [6.07, 6.45) is 1.65. The minimum absolute atomic E-state index is 0.0738. The Balaban J connectivity index is 2.51. The molecule has 5 nitrogen and oxygen atoms in total. The van der Waals surface area contributed by atoms with Gasteiger partial charge in [0.05, 0.1) is 18.3 Å². The summed E-state index contributed by atoms with van der Waals surface area (Å²) in [5.41, 5.74) is 6.18. The lowest BCUT2D eigenvalue weighted by molar-refractivity contribution is -0.137. The monoisotopic (exact) mass is 195 g/mol. The fourth-order valence-electron chi connectivity index (χ4n) is 1.09. The summed E-state index contributed by atoms with van der Waals surface area (Å²) in [6, 6.07) is 3.30. The zero-order chi connectivity index (χ0) is 10.6. The van der Waals surface area contributed by atoms with Crippen molar-refractivity contribution < 1.29 is 9.90 Å². The molecule has 0 spiro atoms. The van der Waals surface area contributed by atoms with Crippen LogP contribution in [-0.2, 0) is 4.79 Å². The molecule has 1 aromatic heterocycles. The van der Waals surface area contributed by atoms with Crippen LogP contribution in [0.1, 0.15) is 13.3 Å². The van der Waals surface area contributed by atoms with Crippen molar-refractivity contribution in [1.29, 1.82) is 0 Å². The van der Waals surface area contributed by atoms with Crippen LogP contribution in [0.15, 0.2) is 18.3 Å². The fraction of sp³-hybridized carbons (Fsp3) is 0.333. The first-order chi connectivity index (χ1) is 6.58. The Morgan fingerprint density at radius 2 is 2.43 bits per heavy atom. The Morgan fingerprint density at radius 3 is 2.93 bits per heavy atom. The van der Waals surface area contributed by atoms with E-state index in [-0.39, 0.29) is 12.5 Å². The summed E-state index contributed by atoms with van der Waals surface area (Å²) in [5, 5.41) is 11.5. The van der Waals surface area contributed by atoms with Crippen LogP contribution in [0, 0.1) is 0 Å². The van der Waals surface area contributed by atoms with Gasteiger partial charge < -0.3 is 16.2 Å². The number of hydrogen-bond acceptors (Lipinski definition) is 4. The number of nitrogens with zero attached hydrogens (tertiary/aromatic N) is 1. The maximum atomic E-state index is 10.4. The first-order valence-corrected chi connectivity index (χ1v) is 4.28. The van der Waals surface area contributed by atoms with Crippen LogP contribution in [-0.4, -0.2) is 22.1 Å². The number of nitrogen functional groups attached to an aromatic ring is 1. The maximum Gasteiger partial charge on any atom is 0.305 e. The molecule has 1 aromatic rings. The minimum atomic E-state index is -0.826. The lowest BCUT2D eigenvalue weighted by atomic mass is 10.2. The number of rotatable bonds is 4. The highest BCUT2D eigenvalue weighted by molar-refractivity contribution is 5.68. The Morgan fingerprint density at radius 1 is 1.71 bits per heavy atom. The van der Waals surface area contributed by atoms with Gasteiger partial charge >= 0.3 is 5.97 Å². The molecule has 0 saturated carbocycles. The van der Waals surface area contributed by atoms with Crippen LogP contribution in [0.3, 0.4) is 0 Å². The summed E-state index contributed by atoms with van der Waals surface area (Å²) >= 11 is 0. The molecule has 0 amide bonds. The highest BCUT2D eigenvalue weighted by atomic mass is 16.4. The molecular formula is C9H13N3O2. The van der Waals surface area contributed by atoms with E-state index in [2.05, 4.69) is 10.3 Å². The zero-order valence-corrected chi connectivity index (χ0v) is 7.90. The van der Waals surface area contributed by atoms with E-state index in [1.807, 2.05) is 0 Å². The van der Waals surface area contributed by atoms with Gasteiger partial charge in [-0.1, -0.05) is 0 Å². The summed E-state index contributed by atoms with van der Waals surface area (Å²) < 4.78 is 0. The van der Waals surface area contributed by atoms with Gasteiger partial charge in [0.1, 0.15) is 5.82 Å². The molecule has 0 aliphatic carbocycles. The van der Waals surface area contributed by atoms with Gasteiger partial charge in [-0.15, -0.1) is 0 Å². The Kier molecular flexibility index (Phi) is 3.28. The number of anilines is 2. The van der Waals surface area contributed by atoms with Crippen LogP contribution in [0.4, 0.5) is 11.5 Å².